The van der Waals surface area contributed by atoms with Crippen molar-refractivity contribution in [2.24, 2.45) is 16.7 Å². The monoisotopic (exact) mass is 230 g/mol. The molecule has 0 fully saturated rings. The Morgan fingerprint density at radius 1 is 1.33 bits per heavy atom. The summed E-state index contributed by atoms with van der Waals surface area (Å²) in [6, 6.07) is 0. The van der Waals surface area contributed by atoms with E-state index < -0.39 is 5.41 Å². The lowest BCUT2D eigenvalue weighted by molar-refractivity contribution is -0.120. The molecule has 0 saturated carbocycles. The number of halogens is 1. The minimum absolute atomic E-state index is 0.0839. The van der Waals surface area contributed by atoms with Crippen molar-refractivity contribution in [3.63, 3.8) is 0 Å². The molecule has 0 aliphatic rings. The fraction of sp³-hybridized carbons (Fsp3) is 0.769. The van der Waals surface area contributed by atoms with Gasteiger partial charge in [-0.15, -0.1) is 0 Å². The zero-order chi connectivity index (χ0) is 12.3. The van der Waals surface area contributed by atoms with Gasteiger partial charge in [-0.05, 0) is 36.3 Å². The van der Waals surface area contributed by atoms with E-state index in [0.717, 1.165) is 6.42 Å². The molecule has 0 bridgehead atoms. The molecule has 1 unspecified atom stereocenters. The van der Waals surface area contributed by atoms with Crippen molar-refractivity contribution in [1.29, 1.82) is 0 Å². The average molecular weight is 231 g/mol. The summed E-state index contributed by atoms with van der Waals surface area (Å²) < 4.78 is 0. The SMILES string of the molecule is C/C=C\C(C)C(C)(C)CC(C)(C)C(=O)Cl. The first-order chi connectivity index (χ1) is 6.63. The Bertz CT molecular complexity index is 251. The number of allylic oxidation sites excluding steroid dienone is 2. The van der Waals surface area contributed by atoms with Gasteiger partial charge in [-0.3, -0.25) is 4.79 Å². The van der Waals surface area contributed by atoms with E-state index >= 15 is 0 Å². The van der Waals surface area contributed by atoms with Crippen LogP contribution in [-0.2, 0) is 4.79 Å². The first kappa shape index (κ1) is 14.7. The molecule has 2 heteroatoms. The Labute approximate surface area is 98.9 Å². The Morgan fingerprint density at radius 2 is 1.80 bits per heavy atom. The normalized spacial score (nSPS) is 15.7. The molecule has 1 atom stereocenters. The highest BCUT2D eigenvalue weighted by molar-refractivity contribution is 6.64. The van der Waals surface area contributed by atoms with Gasteiger partial charge in [-0.1, -0.05) is 46.8 Å². The van der Waals surface area contributed by atoms with E-state index in [2.05, 4.69) is 32.9 Å². The molecule has 0 amide bonds. The van der Waals surface area contributed by atoms with E-state index in [1.165, 1.54) is 0 Å². The fourth-order valence-corrected chi connectivity index (χ4v) is 1.99. The van der Waals surface area contributed by atoms with E-state index in [9.17, 15) is 4.79 Å². The summed E-state index contributed by atoms with van der Waals surface area (Å²) >= 11 is 5.60. The number of rotatable bonds is 5. The van der Waals surface area contributed by atoms with E-state index in [0.29, 0.717) is 5.92 Å². The predicted octanol–water partition coefficient (Wildman–Crippen LogP) is 4.41. The van der Waals surface area contributed by atoms with E-state index in [1.54, 1.807) is 0 Å². The summed E-state index contributed by atoms with van der Waals surface area (Å²) in [6.07, 6.45) is 5.03. The average Bonchev–Trinajstić information content (AvgIpc) is 2.02. The molecule has 0 rings (SSSR count). The van der Waals surface area contributed by atoms with Crippen LogP contribution in [0, 0.1) is 16.7 Å². The lowest BCUT2D eigenvalue weighted by atomic mass is 9.69. The molecule has 0 aromatic carbocycles. The maximum Gasteiger partial charge on any atom is 0.227 e. The van der Waals surface area contributed by atoms with Crippen LogP contribution in [0.1, 0.15) is 48.0 Å². The first-order valence-corrected chi connectivity index (χ1v) is 5.84. The molecule has 0 aliphatic carbocycles. The number of hydrogen-bond acceptors (Lipinski definition) is 1. The summed E-state index contributed by atoms with van der Waals surface area (Å²) in [5.41, 5.74) is -0.360. The zero-order valence-electron chi connectivity index (χ0n) is 10.7. The molecule has 15 heavy (non-hydrogen) atoms. The van der Waals surface area contributed by atoms with Crippen LogP contribution in [0.2, 0.25) is 0 Å². The van der Waals surface area contributed by atoms with Gasteiger partial charge in [0, 0.05) is 5.41 Å². The lowest BCUT2D eigenvalue weighted by Gasteiger charge is -2.36. The standard InChI is InChI=1S/C13H23ClO/c1-7-8-10(2)12(3,4)9-13(5,6)11(14)15/h7-8,10H,9H2,1-6H3/b8-7-. The molecule has 0 aromatic heterocycles. The molecule has 88 valence electrons. The minimum atomic E-state index is -0.444. The first-order valence-electron chi connectivity index (χ1n) is 5.46. The van der Waals surface area contributed by atoms with Crippen LogP contribution in [0.4, 0.5) is 0 Å². The van der Waals surface area contributed by atoms with Crippen molar-refractivity contribution in [2.45, 2.75) is 48.0 Å². The Kier molecular flexibility index (Phi) is 5.05. The van der Waals surface area contributed by atoms with Crippen LogP contribution in [0.5, 0.6) is 0 Å². The van der Waals surface area contributed by atoms with Crippen molar-refractivity contribution < 1.29 is 4.79 Å². The number of carbonyl (C=O) groups excluding carboxylic acids is 1. The Morgan fingerprint density at radius 3 is 2.13 bits per heavy atom. The minimum Gasteiger partial charge on any atom is -0.281 e. The van der Waals surface area contributed by atoms with Crippen LogP contribution >= 0.6 is 11.6 Å². The molecule has 0 aromatic rings. The third-order valence-corrected chi connectivity index (χ3v) is 3.66. The van der Waals surface area contributed by atoms with Crippen molar-refractivity contribution in [2.75, 3.05) is 0 Å². The highest BCUT2D eigenvalue weighted by atomic mass is 35.5. The van der Waals surface area contributed by atoms with Crippen LogP contribution in [0.25, 0.3) is 0 Å². The van der Waals surface area contributed by atoms with E-state index in [1.807, 2.05) is 20.8 Å². The molecule has 1 nitrogen and oxygen atoms in total. The van der Waals surface area contributed by atoms with Crippen molar-refractivity contribution in [3.8, 4) is 0 Å². The van der Waals surface area contributed by atoms with Gasteiger partial charge in [0.15, 0.2) is 0 Å². The highest BCUT2D eigenvalue weighted by Crippen LogP contribution is 2.40. The van der Waals surface area contributed by atoms with Crippen molar-refractivity contribution >= 4 is 16.8 Å². The van der Waals surface area contributed by atoms with Crippen LogP contribution in [0.3, 0.4) is 0 Å². The number of hydrogen-bond donors (Lipinski definition) is 0. The van der Waals surface area contributed by atoms with Gasteiger partial charge >= 0.3 is 0 Å². The predicted molar refractivity (Wildman–Crippen MR) is 67.0 cm³/mol. The molecule has 0 saturated heterocycles. The second kappa shape index (κ2) is 5.16. The molecular weight excluding hydrogens is 208 g/mol. The summed E-state index contributed by atoms with van der Waals surface area (Å²) in [7, 11) is 0. The van der Waals surface area contributed by atoms with Gasteiger partial charge in [-0.2, -0.15) is 0 Å². The topological polar surface area (TPSA) is 17.1 Å². The lowest BCUT2D eigenvalue weighted by Crippen LogP contribution is -2.31. The third kappa shape index (κ3) is 4.38. The highest BCUT2D eigenvalue weighted by Gasteiger charge is 2.35. The van der Waals surface area contributed by atoms with Gasteiger partial charge in [0.25, 0.3) is 0 Å². The van der Waals surface area contributed by atoms with Crippen LogP contribution in [-0.4, -0.2) is 5.24 Å². The molecule has 0 spiro atoms. The van der Waals surface area contributed by atoms with E-state index in [-0.39, 0.29) is 10.7 Å². The summed E-state index contributed by atoms with van der Waals surface area (Å²) in [4.78, 5) is 11.3. The summed E-state index contributed by atoms with van der Waals surface area (Å²) in [5.74, 6) is 0.442. The van der Waals surface area contributed by atoms with Gasteiger partial charge in [-0.25, -0.2) is 0 Å². The second-order valence-electron chi connectivity index (χ2n) is 5.64. The zero-order valence-corrected chi connectivity index (χ0v) is 11.5. The van der Waals surface area contributed by atoms with Crippen molar-refractivity contribution in [3.05, 3.63) is 12.2 Å². The van der Waals surface area contributed by atoms with Gasteiger partial charge in [0.2, 0.25) is 5.24 Å². The molecule has 0 N–H and O–H groups in total. The van der Waals surface area contributed by atoms with Gasteiger partial charge < -0.3 is 0 Å². The Hall–Kier alpha value is -0.300. The molecular formula is C13H23ClO. The summed E-state index contributed by atoms with van der Waals surface area (Å²) in [6.45, 7) is 12.4. The quantitative estimate of drug-likeness (QED) is 0.505. The smallest absolute Gasteiger partial charge is 0.227 e. The van der Waals surface area contributed by atoms with Crippen LogP contribution < -0.4 is 0 Å². The maximum absolute atomic E-state index is 11.3. The fourth-order valence-electron chi connectivity index (χ4n) is 1.92. The van der Waals surface area contributed by atoms with Gasteiger partial charge in [0.05, 0.1) is 0 Å². The second-order valence-corrected chi connectivity index (χ2v) is 5.98. The molecule has 0 radical (unpaired) electrons. The Balaban J connectivity index is 4.70. The number of carbonyl (C=O) groups is 1. The molecule has 0 aliphatic heterocycles. The van der Waals surface area contributed by atoms with Crippen molar-refractivity contribution in [1.82, 2.24) is 0 Å². The summed E-state index contributed by atoms with van der Waals surface area (Å²) in [5, 5.41) is -0.247. The van der Waals surface area contributed by atoms with Gasteiger partial charge in [0.1, 0.15) is 0 Å². The third-order valence-electron chi connectivity index (χ3n) is 3.14. The largest absolute Gasteiger partial charge is 0.281 e. The van der Waals surface area contributed by atoms with E-state index in [4.69, 9.17) is 11.6 Å². The maximum atomic E-state index is 11.3. The molecule has 0 heterocycles. The van der Waals surface area contributed by atoms with Crippen LogP contribution in [0.15, 0.2) is 12.2 Å².